The van der Waals surface area contributed by atoms with Crippen molar-refractivity contribution in [2.75, 3.05) is 21.9 Å². The first kappa shape index (κ1) is 22.9. The molecule has 0 spiro atoms. The molecule has 5 rings (SSSR count). The molecule has 1 fully saturated rings. The van der Waals surface area contributed by atoms with Gasteiger partial charge in [0.25, 0.3) is 5.91 Å². The molecule has 1 aromatic heterocycles. The van der Waals surface area contributed by atoms with Gasteiger partial charge in [-0.3, -0.25) is 9.10 Å². The van der Waals surface area contributed by atoms with Crippen LogP contribution in [0.2, 0.25) is 0 Å². The number of aryl methyl sites for hydroxylation is 2. The van der Waals surface area contributed by atoms with E-state index in [9.17, 15) is 13.2 Å². The van der Waals surface area contributed by atoms with Crippen molar-refractivity contribution in [3.05, 3.63) is 95.7 Å². The fraction of sp³-hybridized carbons (Fsp3) is 0.185. The van der Waals surface area contributed by atoms with Crippen LogP contribution in [-0.4, -0.2) is 36.4 Å². The van der Waals surface area contributed by atoms with Crippen LogP contribution < -0.4 is 9.62 Å². The summed E-state index contributed by atoms with van der Waals surface area (Å²) in [6, 6.07) is 22.6. The number of carbonyl (C=O) groups excluding carboxylic acids is 1. The van der Waals surface area contributed by atoms with E-state index < -0.39 is 10.0 Å². The van der Waals surface area contributed by atoms with Gasteiger partial charge in [0.1, 0.15) is 5.69 Å². The molecule has 0 atom stereocenters. The van der Waals surface area contributed by atoms with Crippen LogP contribution in [0.5, 0.6) is 0 Å². The Kier molecular flexibility index (Phi) is 5.90. The van der Waals surface area contributed by atoms with Gasteiger partial charge in [-0.1, -0.05) is 36.4 Å². The minimum Gasteiger partial charge on any atom is -0.322 e. The summed E-state index contributed by atoms with van der Waals surface area (Å²) >= 11 is 0. The van der Waals surface area contributed by atoms with Gasteiger partial charge < -0.3 is 5.32 Å². The van der Waals surface area contributed by atoms with Crippen LogP contribution in [0.25, 0.3) is 16.9 Å². The lowest BCUT2D eigenvalue weighted by molar-refractivity contribution is 0.102. The molecule has 0 saturated carbocycles. The van der Waals surface area contributed by atoms with E-state index in [0.29, 0.717) is 35.6 Å². The van der Waals surface area contributed by atoms with Crippen molar-refractivity contribution >= 4 is 27.3 Å². The molecule has 8 heteroatoms. The first-order valence-corrected chi connectivity index (χ1v) is 13.1. The highest BCUT2D eigenvalue weighted by atomic mass is 32.2. The highest BCUT2D eigenvalue weighted by Gasteiger charge is 2.28. The Morgan fingerprint density at radius 1 is 0.914 bits per heavy atom. The van der Waals surface area contributed by atoms with E-state index in [1.165, 1.54) is 4.31 Å². The summed E-state index contributed by atoms with van der Waals surface area (Å²) in [7, 11) is -3.31. The first-order valence-electron chi connectivity index (χ1n) is 11.5. The van der Waals surface area contributed by atoms with Crippen molar-refractivity contribution in [1.29, 1.82) is 0 Å². The molecule has 7 nitrogen and oxygen atoms in total. The first-order chi connectivity index (χ1) is 16.8. The zero-order chi connectivity index (χ0) is 24.6. The van der Waals surface area contributed by atoms with E-state index in [2.05, 4.69) is 5.32 Å². The SMILES string of the molecule is Cc1ccc(-c2nn(-c3ccccc3)cc2C(=O)Nc2cccc(N3CCCS3(=O)=O)c2)cc1C. The summed E-state index contributed by atoms with van der Waals surface area (Å²) < 4.78 is 27.8. The molecule has 2 heterocycles. The summed E-state index contributed by atoms with van der Waals surface area (Å²) in [6.07, 6.45) is 2.32. The maximum absolute atomic E-state index is 13.5. The van der Waals surface area contributed by atoms with Gasteiger partial charge >= 0.3 is 0 Å². The van der Waals surface area contributed by atoms with Crippen LogP contribution in [0.15, 0.2) is 79.0 Å². The molecule has 1 N–H and O–H groups in total. The molecule has 0 aliphatic carbocycles. The van der Waals surface area contributed by atoms with Gasteiger partial charge in [-0.2, -0.15) is 5.10 Å². The Labute approximate surface area is 205 Å². The lowest BCUT2D eigenvalue weighted by Crippen LogP contribution is -2.25. The number of sulfonamides is 1. The molecule has 0 bridgehead atoms. The summed E-state index contributed by atoms with van der Waals surface area (Å²) in [5.41, 5.74) is 6.05. The normalized spacial score (nSPS) is 14.7. The molecule has 3 aromatic carbocycles. The molecule has 1 aliphatic heterocycles. The number of aromatic nitrogens is 2. The maximum atomic E-state index is 13.5. The Bertz CT molecular complexity index is 1510. The number of nitrogens with zero attached hydrogens (tertiary/aromatic N) is 3. The quantitative estimate of drug-likeness (QED) is 0.433. The van der Waals surface area contributed by atoms with E-state index >= 15 is 0 Å². The number of nitrogens with one attached hydrogen (secondary N) is 1. The highest BCUT2D eigenvalue weighted by molar-refractivity contribution is 7.93. The predicted molar refractivity (Wildman–Crippen MR) is 139 cm³/mol. The third-order valence-electron chi connectivity index (χ3n) is 6.25. The topological polar surface area (TPSA) is 84.3 Å². The molecular weight excluding hydrogens is 460 g/mol. The molecule has 1 saturated heterocycles. The van der Waals surface area contributed by atoms with Gasteiger partial charge in [0.15, 0.2) is 0 Å². The Balaban J connectivity index is 1.51. The molecule has 1 amide bonds. The molecule has 178 valence electrons. The van der Waals surface area contributed by atoms with Crippen molar-refractivity contribution in [1.82, 2.24) is 9.78 Å². The minimum absolute atomic E-state index is 0.140. The predicted octanol–water partition coefficient (Wildman–Crippen LogP) is 4.95. The average Bonchev–Trinajstić information content (AvgIpc) is 3.45. The zero-order valence-electron chi connectivity index (χ0n) is 19.6. The largest absolute Gasteiger partial charge is 0.322 e. The number of para-hydroxylation sites is 1. The van der Waals surface area contributed by atoms with E-state index in [1.54, 1.807) is 35.1 Å². The van der Waals surface area contributed by atoms with Crippen LogP contribution in [0.3, 0.4) is 0 Å². The second-order valence-electron chi connectivity index (χ2n) is 8.72. The molecule has 1 aliphatic rings. The lowest BCUT2D eigenvalue weighted by Gasteiger charge is -2.17. The minimum atomic E-state index is -3.31. The number of anilines is 2. The number of hydrogen-bond acceptors (Lipinski definition) is 4. The van der Waals surface area contributed by atoms with Crippen LogP contribution in [0.4, 0.5) is 11.4 Å². The second-order valence-corrected chi connectivity index (χ2v) is 10.7. The summed E-state index contributed by atoms with van der Waals surface area (Å²) in [5.74, 6) is -0.177. The summed E-state index contributed by atoms with van der Waals surface area (Å²) in [5, 5.41) is 7.69. The van der Waals surface area contributed by atoms with Crippen LogP contribution >= 0.6 is 0 Å². The third-order valence-corrected chi connectivity index (χ3v) is 8.12. The molecule has 0 unspecified atom stereocenters. The fourth-order valence-electron chi connectivity index (χ4n) is 4.22. The number of carbonyl (C=O) groups is 1. The van der Waals surface area contributed by atoms with E-state index in [-0.39, 0.29) is 11.7 Å². The van der Waals surface area contributed by atoms with Crippen molar-refractivity contribution < 1.29 is 13.2 Å². The van der Waals surface area contributed by atoms with E-state index in [4.69, 9.17) is 5.10 Å². The smallest absolute Gasteiger partial charge is 0.259 e. The van der Waals surface area contributed by atoms with Crippen LogP contribution in [-0.2, 0) is 10.0 Å². The van der Waals surface area contributed by atoms with Crippen LogP contribution in [0.1, 0.15) is 27.9 Å². The zero-order valence-corrected chi connectivity index (χ0v) is 20.4. The maximum Gasteiger partial charge on any atom is 0.259 e. The van der Waals surface area contributed by atoms with Gasteiger partial charge in [-0.15, -0.1) is 0 Å². The number of rotatable bonds is 5. The Morgan fingerprint density at radius 3 is 2.40 bits per heavy atom. The van der Waals surface area contributed by atoms with E-state index in [0.717, 1.165) is 22.4 Å². The molecule has 4 aromatic rings. The second kappa shape index (κ2) is 9.03. The molecule has 0 radical (unpaired) electrons. The van der Waals surface area contributed by atoms with Crippen molar-refractivity contribution in [2.24, 2.45) is 0 Å². The molecular formula is C27H26N4O3S. The Hall–Kier alpha value is -3.91. The highest BCUT2D eigenvalue weighted by Crippen LogP contribution is 2.29. The van der Waals surface area contributed by atoms with Gasteiger partial charge in [0.2, 0.25) is 10.0 Å². The fourth-order valence-corrected chi connectivity index (χ4v) is 5.78. The average molecular weight is 487 g/mol. The van der Waals surface area contributed by atoms with Crippen molar-refractivity contribution in [3.8, 4) is 16.9 Å². The number of benzene rings is 3. The lowest BCUT2D eigenvalue weighted by atomic mass is 10.0. The van der Waals surface area contributed by atoms with Gasteiger partial charge in [0.05, 0.1) is 22.7 Å². The molecule has 35 heavy (non-hydrogen) atoms. The van der Waals surface area contributed by atoms with Gasteiger partial charge in [0, 0.05) is 24.0 Å². The summed E-state index contributed by atoms with van der Waals surface area (Å²) in [6.45, 7) is 4.52. The Morgan fingerprint density at radius 2 is 1.69 bits per heavy atom. The van der Waals surface area contributed by atoms with Crippen molar-refractivity contribution in [3.63, 3.8) is 0 Å². The van der Waals surface area contributed by atoms with Crippen molar-refractivity contribution in [2.45, 2.75) is 20.3 Å². The van der Waals surface area contributed by atoms with Gasteiger partial charge in [-0.25, -0.2) is 13.1 Å². The number of hydrogen-bond donors (Lipinski definition) is 1. The standard InChI is InChI=1S/C27H26N4O3S/c1-19-12-13-21(16-20(19)2)26-25(18-30(29-26)23-9-4-3-5-10-23)27(32)28-22-8-6-11-24(17-22)31-14-7-15-35(31,33)34/h3-6,8-13,16-18H,7,14-15H2,1-2H3,(H,28,32). The van der Waals surface area contributed by atoms with Crippen LogP contribution in [0, 0.1) is 13.8 Å². The summed E-state index contributed by atoms with van der Waals surface area (Å²) in [4.78, 5) is 13.5. The third kappa shape index (κ3) is 4.57. The monoisotopic (exact) mass is 486 g/mol. The number of amides is 1. The van der Waals surface area contributed by atoms with E-state index in [1.807, 2.05) is 62.4 Å². The van der Waals surface area contributed by atoms with Gasteiger partial charge in [-0.05, 0) is 67.8 Å².